The smallest absolute Gasteiger partial charge is 0.225 e. The Labute approximate surface area is 136 Å². The Balaban J connectivity index is 1.91. The van der Waals surface area contributed by atoms with E-state index < -0.39 is 10.0 Å². The van der Waals surface area contributed by atoms with Crippen molar-refractivity contribution in [2.75, 3.05) is 18.1 Å². The molecule has 1 aliphatic rings. The quantitative estimate of drug-likeness (QED) is 0.862. The van der Waals surface area contributed by atoms with Crippen LogP contribution in [0.3, 0.4) is 0 Å². The molecule has 0 atom stereocenters. The van der Waals surface area contributed by atoms with Crippen molar-refractivity contribution in [3.63, 3.8) is 0 Å². The second-order valence-electron chi connectivity index (χ2n) is 5.62. The summed E-state index contributed by atoms with van der Waals surface area (Å²) in [4.78, 5) is 12.0. The number of hydrogen-bond donors (Lipinski definition) is 1. The zero-order valence-corrected chi connectivity index (χ0v) is 14.2. The van der Waals surface area contributed by atoms with Crippen LogP contribution in [0.1, 0.15) is 32.1 Å². The summed E-state index contributed by atoms with van der Waals surface area (Å²) >= 11 is 5.79. The van der Waals surface area contributed by atoms with E-state index in [9.17, 15) is 13.2 Å². The summed E-state index contributed by atoms with van der Waals surface area (Å²) in [6.45, 7) is 0.225. The van der Waals surface area contributed by atoms with Gasteiger partial charge in [0.05, 0.1) is 6.26 Å². The van der Waals surface area contributed by atoms with E-state index in [0.29, 0.717) is 10.7 Å². The van der Waals surface area contributed by atoms with E-state index in [0.717, 1.165) is 25.7 Å². The molecule has 1 aliphatic carbocycles. The number of nitrogens with zero attached hydrogens (tertiary/aromatic N) is 1. The zero-order chi connectivity index (χ0) is 16.2. The van der Waals surface area contributed by atoms with E-state index >= 15 is 0 Å². The van der Waals surface area contributed by atoms with Crippen LogP contribution in [0, 0.1) is 0 Å². The van der Waals surface area contributed by atoms with E-state index in [2.05, 4.69) is 5.32 Å². The number of sulfonamides is 1. The number of halogens is 1. The largest absolute Gasteiger partial charge is 0.326 e. The maximum absolute atomic E-state index is 12.0. The molecule has 7 heteroatoms. The van der Waals surface area contributed by atoms with Crippen LogP contribution in [0.25, 0.3) is 0 Å². The standard InChI is InChI=1S/C15H21ClN2O3S/c1-22(20,21)18(14-4-2-3-5-14)11-10-15(19)17-13-8-6-12(16)7-9-13/h6-9,14H,2-5,10-11H2,1H3,(H,17,19). The lowest BCUT2D eigenvalue weighted by atomic mass is 10.2. The fourth-order valence-electron chi connectivity index (χ4n) is 2.78. The summed E-state index contributed by atoms with van der Waals surface area (Å²) in [5, 5.41) is 3.35. The minimum absolute atomic E-state index is 0.0401. The molecule has 22 heavy (non-hydrogen) atoms. The Morgan fingerprint density at radius 3 is 2.41 bits per heavy atom. The molecule has 1 saturated carbocycles. The third-order valence-electron chi connectivity index (χ3n) is 3.85. The van der Waals surface area contributed by atoms with Crippen LogP contribution in [0.15, 0.2) is 24.3 Å². The molecule has 0 saturated heterocycles. The third-order valence-corrected chi connectivity index (χ3v) is 5.43. The maximum atomic E-state index is 12.0. The Kier molecular flexibility index (Phi) is 5.83. The van der Waals surface area contributed by atoms with Gasteiger partial charge in [0.1, 0.15) is 0 Å². The molecule has 0 bridgehead atoms. The highest BCUT2D eigenvalue weighted by Gasteiger charge is 2.29. The Bertz CT molecular complexity index is 610. The van der Waals surface area contributed by atoms with Crippen molar-refractivity contribution < 1.29 is 13.2 Å². The second-order valence-corrected chi connectivity index (χ2v) is 7.99. The average Bonchev–Trinajstić information content (AvgIpc) is 2.94. The summed E-state index contributed by atoms with van der Waals surface area (Å²) < 4.78 is 25.3. The van der Waals surface area contributed by atoms with Gasteiger partial charge in [-0.1, -0.05) is 24.4 Å². The number of benzene rings is 1. The van der Waals surface area contributed by atoms with Crippen LogP contribution in [-0.2, 0) is 14.8 Å². The summed E-state index contributed by atoms with van der Waals surface area (Å²) in [6, 6.07) is 6.85. The van der Waals surface area contributed by atoms with Gasteiger partial charge in [0.2, 0.25) is 15.9 Å². The summed E-state index contributed by atoms with van der Waals surface area (Å²) in [5.74, 6) is -0.200. The van der Waals surface area contributed by atoms with Gasteiger partial charge in [0, 0.05) is 29.7 Å². The molecule has 1 amide bonds. The first-order valence-electron chi connectivity index (χ1n) is 7.38. The first-order valence-corrected chi connectivity index (χ1v) is 9.61. The molecule has 0 radical (unpaired) electrons. The van der Waals surface area contributed by atoms with Gasteiger partial charge in [0.25, 0.3) is 0 Å². The van der Waals surface area contributed by atoms with E-state index in [-0.39, 0.29) is 24.9 Å². The zero-order valence-electron chi connectivity index (χ0n) is 12.6. The van der Waals surface area contributed by atoms with E-state index in [1.165, 1.54) is 10.6 Å². The summed E-state index contributed by atoms with van der Waals surface area (Å²) in [6.07, 6.45) is 5.22. The molecule has 1 aromatic rings. The van der Waals surface area contributed by atoms with Crippen molar-refractivity contribution in [1.29, 1.82) is 0 Å². The molecule has 0 aromatic heterocycles. The molecule has 0 unspecified atom stereocenters. The van der Waals surface area contributed by atoms with Crippen LogP contribution in [0.5, 0.6) is 0 Å². The molecule has 1 N–H and O–H groups in total. The molecule has 1 aromatic carbocycles. The van der Waals surface area contributed by atoms with Gasteiger partial charge >= 0.3 is 0 Å². The average molecular weight is 345 g/mol. The van der Waals surface area contributed by atoms with Gasteiger partial charge in [-0.25, -0.2) is 8.42 Å². The number of carbonyl (C=O) groups excluding carboxylic acids is 1. The van der Waals surface area contributed by atoms with Gasteiger partial charge in [-0.05, 0) is 37.1 Å². The van der Waals surface area contributed by atoms with E-state index in [1.54, 1.807) is 24.3 Å². The molecule has 5 nitrogen and oxygen atoms in total. The number of rotatable bonds is 6. The number of amides is 1. The van der Waals surface area contributed by atoms with Crippen LogP contribution < -0.4 is 5.32 Å². The van der Waals surface area contributed by atoms with E-state index in [4.69, 9.17) is 11.6 Å². The van der Waals surface area contributed by atoms with E-state index in [1.807, 2.05) is 0 Å². The van der Waals surface area contributed by atoms with Crippen molar-refractivity contribution in [2.24, 2.45) is 0 Å². The number of anilines is 1. The van der Waals surface area contributed by atoms with Gasteiger partial charge in [-0.2, -0.15) is 4.31 Å². The predicted octanol–water partition coefficient (Wildman–Crippen LogP) is 2.87. The molecule has 0 heterocycles. The molecule has 122 valence electrons. The van der Waals surface area contributed by atoms with Gasteiger partial charge < -0.3 is 5.32 Å². The van der Waals surface area contributed by atoms with Crippen LogP contribution in [0.2, 0.25) is 5.02 Å². The number of carbonyl (C=O) groups is 1. The maximum Gasteiger partial charge on any atom is 0.225 e. The SMILES string of the molecule is CS(=O)(=O)N(CCC(=O)Nc1ccc(Cl)cc1)C1CCCC1. The van der Waals surface area contributed by atoms with Crippen LogP contribution >= 0.6 is 11.6 Å². The van der Waals surface area contributed by atoms with Crippen molar-refractivity contribution in [1.82, 2.24) is 4.31 Å². The lowest BCUT2D eigenvalue weighted by Gasteiger charge is -2.26. The lowest BCUT2D eigenvalue weighted by Crippen LogP contribution is -2.39. The summed E-state index contributed by atoms with van der Waals surface area (Å²) in [7, 11) is -3.29. The molecular formula is C15H21ClN2O3S. The van der Waals surface area contributed by atoms with Crippen LogP contribution in [0.4, 0.5) is 5.69 Å². The molecular weight excluding hydrogens is 324 g/mol. The highest BCUT2D eigenvalue weighted by Crippen LogP contribution is 2.25. The minimum atomic E-state index is -3.29. The van der Waals surface area contributed by atoms with Gasteiger partial charge in [-0.3, -0.25) is 4.79 Å². The first-order chi connectivity index (χ1) is 10.4. The highest BCUT2D eigenvalue weighted by molar-refractivity contribution is 7.88. The molecule has 2 rings (SSSR count). The highest BCUT2D eigenvalue weighted by atomic mass is 35.5. The number of hydrogen-bond acceptors (Lipinski definition) is 3. The fourth-order valence-corrected chi connectivity index (χ4v) is 4.08. The topological polar surface area (TPSA) is 66.5 Å². The lowest BCUT2D eigenvalue weighted by molar-refractivity contribution is -0.116. The number of nitrogens with one attached hydrogen (secondary N) is 1. The molecule has 0 aliphatic heterocycles. The predicted molar refractivity (Wildman–Crippen MR) is 88.5 cm³/mol. The Morgan fingerprint density at radius 2 is 1.86 bits per heavy atom. The fraction of sp³-hybridized carbons (Fsp3) is 0.533. The second kappa shape index (κ2) is 7.44. The molecule has 0 spiro atoms. The van der Waals surface area contributed by atoms with Crippen molar-refractivity contribution in [3.05, 3.63) is 29.3 Å². The Hall–Kier alpha value is -1.11. The van der Waals surface area contributed by atoms with Crippen molar-refractivity contribution >= 4 is 33.2 Å². The third kappa shape index (κ3) is 4.97. The van der Waals surface area contributed by atoms with Crippen LogP contribution in [-0.4, -0.2) is 37.5 Å². The first kappa shape index (κ1) is 17.2. The Morgan fingerprint density at radius 1 is 1.27 bits per heavy atom. The van der Waals surface area contributed by atoms with Crippen molar-refractivity contribution in [2.45, 2.75) is 38.1 Å². The van der Waals surface area contributed by atoms with Gasteiger partial charge in [0.15, 0.2) is 0 Å². The molecule has 1 fully saturated rings. The minimum Gasteiger partial charge on any atom is -0.326 e. The van der Waals surface area contributed by atoms with Gasteiger partial charge in [-0.15, -0.1) is 0 Å². The monoisotopic (exact) mass is 344 g/mol. The summed E-state index contributed by atoms with van der Waals surface area (Å²) in [5.41, 5.74) is 0.654. The van der Waals surface area contributed by atoms with Crippen molar-refractivity contribution in [3.8, 4) is 0 Å². The normalized spacial score (nSPS) is 16.1.